The molecular formula is C13H19N3O4. The van der Waals surface area contributed by atoms with Gasteiger partial charge in [-0.2, -0.15) is 0 Å². The van der Waals surface area contributed by atoms with Crippen LogP contribution < -0.4 is 5.56 Å². The smallest absolute Gasteiger partial charge is 0.334 e. The third-order valence-electron chi connectivity index (χ3n) is 3.37. The first-order valence-electron chi connectivity index (χ1n) is 6.73. The van der Waals surface area contributed by atoms with Crippen molar-refractivity contribution < 1.29 is 9.66 Å². The zero-order chi connectivity index (χ0) is 14.5. The highest BCUT2D eigenvalue weighted by Gasteiger charge is 2.16. The van der Waals surface area contributed by atoms with Crippen molar-refractivity contribution in [1.82, 2.24) is 9.47 Å². The number of nitro groups is 1. The van der Waals surface area contributed by atoms with Crippen LogP contribution in [-0.2, 0) is 11.3 Å². The van der Waals surface area contributed by atoms with Gasteiger partial charge in [0.2, 0.25) is 0 Å². The maximum absolute atomic E-state index is 12.0. The zero-order valence-corrected chi connectivity index (χ0v) is 11.6. The predicted octanol–water partition coefficient (Wildman–Crippen LogP) is 0.787. The fourth-order valence-electron chi connectivity index (χ4n) is 2.33. The maximum atomic E-state index is 12.0. The molecule has 1 saturated heterocycles. The predicted molar refractivity (Wildman–Crippen MR) is 74.0 cm³/mol. The Morgan fingerprint density at radius 2 is 2.15 bits per heavy atom. The molecule has 1 aliphatic rings. The summed E-state index contributed by atoms with van der Waals surface area (Å²) < 4.78 is 6.80. The molecule has 0 amide bonds. The maximum Gasteiger partial charge on any atom is 0.334 e. The molecule has 1 aromatic heterocycles. The zero-order valence-electron chi connectivity index (χ0n) is 11.6. The Kier molecular flexibility index (Phi) is 4.86. The van der Waals surface area contributed by atoms with Crippen molar-refractivity contribution in [2.75, 3.05) is 32.8 Å². The lowest BCUT2D eigenvalue weighted by atomic mass is 10.3. The van der Waals surface area contributed by atoms with Crippen LogP contribution in [0.25, 0.3) is 0 Å². The molecule has 20 heavy (non-hydrogen) atoms. The molecule has 0 unspecified atom stereocenters. The second kappa shape index (κ2) is 6.62. The number of hydrogen-bond acceptors (Lipinski definition) is 5. The molecule has 7 heteroatoms. The van der Waals surface area contributed by atoms with E-state index in [4.69, 9.17) is 4.74 Å². The van der Waals surface area contributed by atoms with Crippen LogP contribution in [0, 0.1) is 17.0 Å². The third-order valence-corrected chi connectivity index (χ3v) is 3.37. The van der Waals surface area contributed by atoms with E-state index in [-0.39, 0.29) is 5.69 Å². The lowest BCUT2D eigenvalue weighted by Gasteiger charge is -2.19. The summed E-state index contributed by atoms with van der Waals surface area (Å²) in [5.41, 5.74) is -0.175. The Morgan fingerprint density at radius 1 is 1.35 bits per heavy atom. The number of pyridine rings is 1. The second-order valence-corrected chi connectivity index (χ2v) is 4.97. The fourth-order valence-corrected chi connectivity index (χ4v) is 2.33. The molecule has 2 heterocycles. The van der Waals surface area contributed by atoms with Crippen molar-refractivity contribution in [2.24, 2.45) is 0 Å². The van der Waals surface area contributed by atoms with Gasteiger partial charge in [-0.1, -0.05) is 0 Å². The number of rotatable bonds is 4. The third kappa shape index (κ3) is 3.64. The lowest BCUT2D eigenvalue weighted by Crippen LogP contribution is -2.33. The van der Waals surface area contributed by atoms with Crippen LogP contribution in [-0.4, -0.2) is 47.2 Å². The van der Waals surface area contributed by atoms with Crippen molar-refractivity contribution >= 4 is 5.69 Å². The molecule has 0 saturated carbocycles. The van der Waals surface area contributed by atoms with E-state index in [9.17, 15) is 14.9 Å². The van der Waals surface area contributed by atoms with E-state index in [1.807, 2.05) is 0 Å². The Morgan fingerprint density at radius 3 is 2.90 bits per heavy atom. The molecule has 0 spiro atoms. The molecule has 0 bridgehead atoms. The highest BCUT2D eigenvalue weighted by Crippen LogP contribution is 2.07. The summed E-state index contributed by atoms with van der Waals surface area (Å²) in [7, 11) is 0. The van der Waals surface area contributed by atoms with Gasteiger partial charge in [-0.25, -0.2) is 0 Å². The van der Waals surface area contributed by atoms with Crippen LogP contribution in [0.1, 0.15) is 12.0 Å². The van der Waals surface area contributed by atoms with Gasteiger partial charge in [0.25, 0.3) is 0 Å². The summed E-state index contributed by atoms with van der Waals surface area (Å²) in [4.78, 5) is 24.4. The van der Waals surface area contributed by atoms with Gasteiger partial charge in [0.05, 0.1) is 11.5 Å². The van der Waals surface area contributed by atoms with Gasteiger partial charge in [-0.15, -0.1) is 0 Å². The molecule has 0 radical (unpaired) electrons. The van der Waals surface area contributed by atoms with Crippen LogP contribution in [0.15, 0.2) is 17.1 Å². The summed E-state index contributed by atoms with van der Waals surface area (Å²) in [6.45, 7) is 6.15. The van der Waals surface area contributed by atoms with Crippen molar-refractivity contribution in [3.8, 4) is 0 Å². The molecule has 110 valence electrons. The molecule has 0 atom stereocenters. The van der Waals surface area contributed by atoms with Crippen LogP contribution in [0.2, 0.25) is 0 Å². The molecular weight excluding hydrogens is 262 g/mol. The largest absolute Gasteiger partial charge is 0.380 e. The first-order valence-corrected chi connectivity index (χ1v) is 6.73. The number of ether oxygens (including phenoxy) is 1. The highest BCUT2D eigenvalue weighted by molar-refractivity contribution is 5.30. The van der Waals surface area contributed by atoms with Crippen LogP contribution in [0.4, 0.5) is 5.69 Å². The summed E-state index contributed by atoms with van der Waals surface area (Å²) in [6, 6.07) is 1.32. The van der Waals surface area contributed by atoms with Crippen LogP contribution in [0.3, 0.4) is 0 Å². The Bertz CT molecular complexity index is 533. The summed E-state index contributed by atoms with van der Waals surface area (Å²) >= 11 is 0. The van der Waals surface area contributed by atoms with Gasteiger partial charge in [0.15, 0.2) is 0 Å². The Labute approximate surface area is 116 Å². The van der Waals surface area contributed by atoms with Gasteiger partial charge in [-0.3, -0.25) is 19.8 Å². The van der Waals surface area contributed by atoms with E-state index in [1.165, 1.54) is 10.6 Å². The minimum Gasteiger partial charge on any atom is -0.380 e. The van der Waals surface area contributed by atoms with Crippen molar-refractivity contribution in [3.63, 3.8) is 0 Å². The molecule has 2 rings (SSSR count). The molecule has 0 aliphatic carbocycles. The van der Waals surface area contributed by atoms with E-state index < -0.39 is 10.5 Å². The normalized spacial score (nSPS) is 16.9. The SMILES string of the molecule is Cc1cc([N+](=O)[O-])c(=O)n(CCN2CCCOCC2)c1. The minimum absolute atomic E-state index is 0.357. The van der Waals surface area contributed by atoms with Gasteiger partial charge in [-0.05, 0) is 18.9 Å². The number of nitrogens with zero attached hydrogens (tertiary/aromatic N) is 3. The van der Waals surface area contributed by atoms with E-state index in [0.29, 0.717) is 19.7 Å². The van der Waals surface area contributed by atoms with Crippen LogP contribution >= 0.6 is 0 Å². The summed E-state index contributed by atoms with van der Waals surface area (Å²) in [6.07, 6.45) is 2.65. The fraction of sp³-hybridized carbons (Fsp3) is 0.615. The number of aryl methyl sites for hydroxylation is 1. The van der Waals surface area contributed by atoms with Gasteiger partial charge >= 0.3 is 11.2 Å². The molecule has 1 fully saturated rings. The molecule has 1 aliphatic heterocycles. The van der Waals surface area contributed by atoms with E-state index >= 15 is 0 Å². The molecule has 0 N–H and O–H groups in total. The lowest BCUT2D eigenvalue weighted by molar-refractivity contribution is -0.386. The van der Waals surface area contributed by atoms with Crippen molar-refractivity contribution in [2.45, 2.75) is 19.9 Å². The standard InChI is InChI=1S/C13H19N3O4/c1-11-9-12(16(18)19)13(17)15(10-11)5-4-14-3-2-7-20-8-6-14/h9-10H,2-8H2,1H3. The van der Waals surface area contributed by atoms with E-state index in [0.717, 1.165) is 31.7 Å². The summed E-state index contributed by atoms with van der Waals surface area (Å²) in [5, 5.41) is 10.8. The average molecular weight is 281 g/mol. The number of aromatic nitrogens is 1. The molecule has 1 aromatic rings. The Hall–Kier alpha value is -1.73. The van der Waals surface area contributed by atoms with Crippen LogP contribution in [0.5, 0.6) is 0 Å². The second-order valence-electron chi connectivity index (χ2n) is 4.97. The van der Waals surface area contributed by atoms with Crippen molar-refractivity contribution in [3.05, 3.63) is 38.3 Å². The van der Waals surface area contributed by atoms with Gasteiger partial charge in [0.1, 0.15) is 0 Å². The van der Waals surface area contributed by atoms with E-state index in [2.05, 4.69) is 4.90 Å². The summed E-state index contributed by atoms with van der Waals surface area (Å²) in [5.74, 6) is 0. The number of hydrogen-bond donors (Lipinski definition) is 0. The highest BCUT2D eigenvalue weighted by atomic mass is 16.6. The topological polar surface area (TPSA) is 77.6 Å². The van der Waals surface area contributed by atoms with Gasteiger partial charge < -0.3 is 9.30 Å². The van der Waals surface area contributed by atoms with Crippen molar-refractivity contribution in [1.29, 1.82) is 0 Å². The van der Waals surface area contributed by atoms with E-state index in [1.54, 1.807) is 13.1 Å². The Balaban J connectivity index is 2.09. The average Bonchev–Trinajstić information content (AvgIpc) is 2.67. The molecule has 7 nitrogen and oxygen atoms in total. The minimum atomic E-state index is -0.619. The quantitative estimate of drug-likeness (QED) is 0.602. The first-order chi connectivity index (χ1) is 9.58. The molecule has 0 aromatic carbocycles. The van der Waals surface area contributed by atoms with Gasteiger partial charge in [0, 0.05) is 45.0 Å². The first kappa shape index (κ1) is 14.7. The monoisotopic (exact) mass is 281 g/mol.